The lowest BCUT2D eigenvalue weighted by Gasteiger charge is -2.18. The molecule has 1 amide bonds. The van der Waals surface area contributed by atoms with Crippen LogP contribution in [0.4, 0.5) is 11.4 Å². The van der Waals surface area contributed by atoms with Crippen molar-refractivity contribution in [3.63, 3.8) is 0 Å². The number of hydrogen-bond acceptors (Lipinski definition) is 3. The zero-order valence-corrected chi connectivity index (χ0v) is 12.7. The van der Waals surface area contributed by atoms with Crippen molar-refractivity contribution < 1.29 is 4.79 Å². The molecule has 2 aromatic rings. The van der Waals surface area contributed by atoms with Crippen molar-refractivity contribution in [1.29, 1.82) is 0 Å². The summed E-state index contributed by atoms with van der Waals surface area (Å²) in [5.41, 5.74) is 8.90. The molecule has 0 saturated carbocycles. The van der Waals surface area contributed by atoms with Gasteiger partial charge in [-0.3, -0.25) is 4.79 Å². The van der Waals surface area contributed by atoms with Crippen LogP contribution in [0.1, 0.15) is 28.9 Å². The predicted molar refractivity (Wildman–Crippen MR) is 87.7 cm³/mol. The molecular weight excluding hydrogens is 286 g/mol. The minimum absolute atomic E-state index is 0.0194. The van der Waals surface area contributed by atoms with Gasteiger partial charge >= 0.3 is 0 Å². The third-order valence-corrected chi connectivity index (χ3v) is 3.50. The molecule has 1 atom stereocenters. The molecule has 0 aliphatic heterocycles. The second-order valence-electron chi connectivity index (χ2n) is 4.80. The summed E-state index contributed by atoms with van der Waals surface area (Å²) in [5.74, 6) is -0.145. The van der Waals surface area contributed by atoms with Crippen LogP contribution in [0.3, 0.4) is 0 Å². The van der Waals surface area contributed by atoms with Gasteiger partial charge in [0, 0.05) is 23.7 Å². The van der Waals surface area contributed by atoms with Crippen LogP contribution in [0.2, 0.25) is 5.02 Å². The lowest BCUT2D eigenvalue weighted by Crippen LogP contribution is -2.18. The predicted octanol–water partition coefficient (Wildman–Crippen LogP) is 3.45. The Bertz CT molecular complexity index is 658. The molecule has 0 spiro atoms. The van der Waals surface area contributed by atoms with Crippen molar-refractivity contribution >= 4 is 28.9 Å². The van der Waals surface area contributed by atoms with Gasteiger partial charge in [0.05, 0.1) is 11.4 Å². The summed E-state index contributed by atoms with van der Waals surface area (Å²) in [7, 11) is 1.60. The average Bonchev–Trinajstić information content (AvgIpc) is 2.48. The van der Waals surface area contributed by atoms with Crippen LogP contribution in [0.25, 0.3) is 0 Å². The third kappa shape index (κ3) is 3.67. The third-order valence-electron chi connectivity index (χ3n) is 3.26. The molecule has 0 heterocycles. The van der Waals surface area contributed by atoms with E-state index in [1.165, 1.54) is 0 Å². The maximum atomic E-state index is 11.7. The minimum Gasteiger partial charge on any atom is -0.397 e. The Morgan fingerprint density at radius 2 is 2.00 bits per heavy atom. The number of nitrogen functional groups attached to an aromatic ring is 1. The molecule has 110 valence electrons. The molecular formula is C16H18ClN3O. The topological polar surface area (TPSA) is 67.2 Å². The van der Waals surface area contributed by atoms with Crippen molar-refractivity contribution in [2.45, 2.75) is 13.0 Å². The maximum Gasteiger partial charge on any atom is 0.251 e. The number of amides is 1. The van der Waals surface area contributed by atoms with Gasteiger partial charge in [0.25, 0.3) is 5.91 Å². The molecule has 0 saturated heterocycles. The summed E-state index contributed by atoms with van der Waals surface area (Å²) < 4.78 is 0. The minimum atomic E-state index is -0.145. The van der Waals surface area contributed by atoms with E-state index < -0.39 is 0 Å². The van der Waals surface area contributed by atoms with E-state index in [2.05, 4.69) is 10.6 Å². The molecule has 0 aliphatic carbocycles. The van der Waals surface area contributed by atoms with Crippen molar-refractivity contribution in [3.05, 3.63) is 58.6 Å². The number of carbonyl (C=O) groups excluding carboxylic acids is 1. The van der Waals surface area contributed by atoms with Crippen LogP contribution in [0.15, 0.2) is 42.5 Å². The molecule has 0 aliphatic rings. The van der Waals surface area contributed by atoms with Crippen molar-refractivity contribution in [1.82, 2.24) is 5.32 Å². The Hall–Kier alpha value is -2.20. The van der Waals surface area contributed by atoms with Crippen molar-refractivity contribution in [3.8, 4) is 0 Å². The summed E-state index contributed by atoms with van der Waals surface area (Å²) in [6.45, 7) is 2.01. The summed E-state index contributed by atoms with van der Waals surface area (Å²) >= 11 is 6.00. The summed E-state index contributed by atoms with van der Waals surface area (Å²) in [6.07, 6.45) is 0. The number of rotatable bonds is 4. The Balaban J connectivity index is 2.24. The summed E-state index contributed by atoms with van der Waals surface area (Å²) in [6, 6.07) is 12.8. The number of carbonyl (C=O) groups is 1. The summed E-state index contributed by atoms with van der Waals surface area (Å²) in [5, 5.41) is 6.59. The Kier molecular flexibility index (Phi) is 4.70. The van der Waals surface area contributed by atoms with Gasteiger partial charge in [-0.25, -0.2) is 0 Å². The van der Waals surface area contributed by atoms with E-state index in [4.69, 9.17) is 17.3 Å². The Morgan fingerprint density at radius 1 is 1.24 bits per heavy atom. The average molecular weight is 304 g/mol. The number of hydrogen-bond donors (Lipinski definition) is 3. The van der Waals surface area contributed by atoms with Crippen LogP contribution in [-0.2, 0) is 0 Å². The van der Waals surface area contributed by atoms with Gasteiger partial charge in [-0.1, -0.05) is 23.7 Å². The first-order valence-corrected chi connectivity index (χ1v) is 7.02. The SMILES string of the molecule is CNC(=O)c1ccc(N)c(NC(C)c2cccc(Cl)c2)c1. The molecule has 1 unspecified atom stereocenters. The molecule has 0 radical (unpaired) electrons. The molecule has 4 nitrogen and oxygen atoms in total. The number of halogens is 1. The van der Waals surface area contributed by atoms with Gasteiger partial charge in [-0.15, -0.1) is 0 Å². The van der Waals surface area contributed by atoms with E-state index in [1.807, 2.05) is 31.2 Å². The van der Waals surface area contributed by atoms with E-state index in [-0.39, 0.29) is 11.9 Å². The lowest BCUT2D eigenvalue weighted by atomic mass is 10.1. The van der Waals surface area contributed by atoms with E-state index in [1.54, 1.807) is 25.2 Å². The number of nitrogens with one attached hydrogen (secondary N) is 2. The molecule has 2 rings (SSSR count). The van der Waals surface area contributed by atoms with Gasteiger partial charge in [0.2, 0.25) is 0 Å². The van der Waals surface area contributed by atoms with Gasteiger partial charge in [-0.2, -0.15) is 0 Å². The maximum absolute atomic E-state index is 11.7. The molecule has 5 heteroatoms. The number of anilines is 2. The highest BCUT2D eigenvalue weighted by Gasteiger charge is 2.10. The van der Waals surface area contributed by atoms with Crippen molar-refractivity contribution in [2.75, 3.05) is 18.1 Å². The van der Waals surface area contributed by atoms with Crippen LogP contribution in [0, 0.1) is 0 Å². The van der Waals surface area contributed by atoms with Gasteiger partial charge < -0.3 is 16.4 Å². The lowest BCUT2D eigenvalue weighted by molar-refractivity contribution is 0.0963. The molecule has 0 aromatic heterocycles. The van der Waals surface area contributed by atoms with Crippen LogP contribution in [-0.4, -0.2) is 13.0 Å². The first-order valence-electron chi connectivity index (χ1n) is 6.65. The smallest absolute Gasteiger partial charge is 0.251 e. The fourth-order valence-corrected chi connectivity index (χ4v) is 2.26. The number of benzene rings is 2. The highest BCUT2D eigenvalue weighted by molar-refractivity contribution is 6.30. The Morgan fingerprint density at radius 3 is 2.67 bits per heavy atom. The fraction of sp³-hybridized carbons (Fsp3) is 0.188. The van der Waals surface area contributed by atoms with Crippen molar-refractivity contribution in [2.24, 2.45) is 0 Å². The monoisotopic (exact) mass is 303 g/mol. The molecule has 0 fully saturated rings. The Labute approximate surface area is 129 Å². The van der Waals surface area contributed by atoms with Gasteiger partial charge in [0.15, 0.2) is 0 Å². The first kappa shape index (κ1) is 15.2. The fourth-order valence-electron chi connectivity index (χ4n) is 2.06. The zero-order valence-electron chi connectivity index (χ0n) is 12.0. The molecule has 4 N–H and O–H groups in total. The second-order valence-corrected chi connectivity index (χ2v) is 5.24. The van der Waals surface area contributed by atoms with E-state index in [9.17, 15) is 4.79 Å². The van der Waals surface area contributed by atoms with Crippen LogP contribution < -0.4 is 16.4 Å². The largest absolute Gasteiger partial charge is 0.397 e. The highest BCUT2D eigenvalue weighted by atomic mass is 35.5. The van der Waals surface area contributed by atoms with Gasteiger partial charge in [0.1, 0.15) is 0 Å². The normalized spacial score (nSPS) is 11.8. The zero-order chi connectivity index (χ0) is 15.4. The van der Waals surface area contributed by atoms with Crippen LogP contribution >= 0.6 is 11.6 Å². The molecule has 2 aromatic carbocycles. The second kappa shape index (κ2) is 6.50. The quantitative estimate of drug-likeness (QED) is 0.758. The standard InChI is InChI=1S/C16H18ClN3O/c1-10(11-4-3-5-13(17)8-11)20-15-9-12(16(21)19-2)6-7-14(15)18/h3-10,20H,18H2,1-2H3,(H,19,21). The van der Waals surface area contributed by atoms with E-state index >= 15 is 0 Å². The molecule has 21 heavy (non-hydrogen) atoms. The number of nitrogens with two attached hydrogens (primary N) is 1. The van der Waals surface area contributed by atoms with E-state index in [0.717, 1.165) is 11.3 Å². The molecule has 0 bridgehead atoms. The highest BCUT2D eigenvalue weighted by Crippen LogP contribution is 2.26. The van der Waals surface area contributed by atoms with Crippen LogP contribution in [0.5, 0.6) is 0 Å². The van der Waals surface area contributed by atoms with E-state index in [0.29, 0.717) is 16.3 Å². The first-order chi connectivity index (χ1) is 10.0. The van der Waals surface area contributed by atoms with Gasteiger partial charge in [-0.05, 0) is 42.8 Å². The summed E-state index contributed by atoms with van der Waals surface area (Å²) in [4.78, 5) is 11.7.